The number of nitriles is 1. The first-order valence-electron chi connectivity index (χ1n) is 4.06. The first-order valence-corrected chi connectivity index (χ1v) is 5.33. The van der Waals surface area contributed by atoms with Crippen molar-refractivity contribution in [1.29, 1.82) is 5.26 Å². The molecule has 0 aliphatic heterocycles. The standard InChI is InChI=1S/C9H9NS2/c10-5-7-6-3-1-2-4-8(6)12-9(7)11/h11H,1-4H2. The van der Waals surface area contributed by atoms with Gasteiger partial charge in [0.05, 0.1) is 9.77 Å². The van der Waals surface area contributed by atoms with Crippen molar-refractivity contribution in [3.05, 3.63) is 16.0 Å². The highest BCUT2D eigenvalue weighted by molar-refractivity contribution is 7.83. The third-order valence-electron chi connectivity index (χ3n) is 2.26. The highest BCUT2D eigenvalue weighted by Gasteiger charge is 2.18. The molecular formula is C9H9NS2. The van der Waals surface area contributed by atoms with E-state index in [1.165, 1.54) is 23.3 Å². The zero-order chi connectivity index (χ0) is 8.55. The predicted octanol–water partition coefficient (Wildman–Crippen LogP) is 2.79. The van der Waals surface area contributed by atoms with Crippen LogP contribution in [0.15, 0.2) is 4.21 Å². The quantitative estimate of drug-likeness (QED) is 0.632. The highest BCUT2D eigenvalue weighted by atomic mass is 32.2. The number of fused-ring (bicyclic) bond motifs is 1. The lowest BCUT2D eigenvalue weighted by atomic mass is 9.96. The molecule has 1 heterocycles. The molecule has 62 valence electrons. The zero-order valence-electron chi connectivity index (χ0n) is 6.63. The molecule has 0 aromatic carbocycles. The molecule has 3 heteroatoms. The van der Waals surface area contributed by atoms with E-state index in [1.54, 1.807) is 11.3 Å². The number of nitrogens with zero attached hydrogens (tertiary/aromatic N) is 1. The normalized spacial score (nSPS) is 15.3. The Labute approximate surface area is 81.4 Å². The molecule has 0 saturated carbocycles. The first-order chi connectivity index (χ1) is 5.83. The molecule has 0 amide bonds. The van der Waals surface area contributed by atoms with Crippen LogP contribution in [0.1, 0.15) is 28.8 Å². The van der Waals surface area contributed by atoms with Gasteiger partial charge in [-0.05, 0) is 31.2 Å². The maximum atomic E-state index is 8.87. The fraction of sp³-hybridized carbons (Fsp3) is 0.444. The van der Waals surface area contributed by atoms with E-state index >= 15 is 0 Å². The fourth-order valence-corrected chi connectivity index (χ4v) is 3.26. The molecule has 0 N–H and O–H groups in total. The van der Waals surface area contributed by atoms with Gasteiger partial charge in [-0.3, -0.25) is 0 Å². The van der Waals surface area contributed by atoms with E-state index in [2.05, 4.69) is 18.7 Å². The van der Waals surface area contributed by atoms with Gasteiger partial charge in [0.15, 0.2) is 0 Å². The molecule has 0 atom stereocenters. The number of rotatable bonds is 0. The van der Waals surface area contributed by atoms with Gasteiger partial charge in [0, 0.05) is 4.88 Å². The summed E-state index contributed by atoms with van der Waals surface area (Å²) < 4.78 is 0.907. The Balaban J connectivity index is 2.56. The molecule has 2 rings (SSSR count). The largest absolute Gasteiger partial charge is 0.192 e. The van der Waals surface area contributed by atoms with Gasteiger partial charge in [-0.2, -0.15) is 5.26 Å². The van der Waals surface area contributed by atoms with Crippen LogP contribution in [0.2, 0.25) is 0 Å². The van der Waals surface area contributed by atoms with Crippen molar-refractivity contribution in [3.8, 4) is 6.07 Å². The van der Waals surface area contributed by atoms with Gasteiger partial charge in [0.2, 0.25) is 0 Å². The summed E-state index contributed by atoms with van der Waals surface area (Å²) in [5.74, 6) is 0. The Morgan fingerprint density at radius 1 is 1.33 bits per heavy atom. The molecule has 12 heavy (non-hydrogen) atoms. The summed E-state index contributed by atoms with van der Waals surface area (Å²) in [6.07, 6.45) is 4.72. The van der Waals surface area contributed by atoms with Gasteiger partial charge in [-0.15, -0.1) is 24.0 Å². The predicted molar refractivity (Wildman–Crippen MR) is 52.9 cm³/mol. The van der Waals surface area contributed by atoms with E-state index in [1.807, 2.05) is 0 Å². The molecule has 0 bridgehead atoms. The molecular weight excluding hydrogens is 186 g/mol. The molecule has 1 aliphatic carbocycles. The Kier molecular flexibility index (Phi) is 2.12. The van der Waals surface area contributed by atoms with Crippen LogP contribution in [-0.4, -0.2) is 0 Å². The second-order valence-corrected chi connectivity index (χ2v) is 4.86. The summed E-state index contributed by atoms with van der Waals surface area (Å²) in [6.45, 7) is 0. The monoisotopic (exact) mass is 195 g/mol. The number of thiol groups is 1. The van der Waals surface area contributed by atoms with Crippen LogP contribution in [0.25, 0.3) is 0 Å². The van der Waals surface area contributed by atoms with Gasteiger partial charge in [0.1, 0.15) is 6.07 Å². The number of hydrogen-bond donors (Lipinski definition) is 1. The number of hydrogen-bond acceptors (Lipinski definition) is 3. The van der Waals surface area contributed by atoms with E-state index in [-0.39, 0.29) is 0 Å². The van der Waals surface area contributed by atoms with Crippen molar-refractivity contribution in [2.24, 2.45) is 0 Å². The summed E-state index contributed by atoms with van der Waals surface area (Å²) in [5.41, 5.74) is 2.11. The van der Waals surface area contributed by atoms with E-state index < -0.39 is 0 Å². The van der Waals surface area contributed by atoms with Crippen molar-refractivity contribution >= 4 is 24.0 Å². The first kappa shape index (κ1) is 8.15. The Hall–Kier alpha value is -0.460. The van der Waals surface area contributed by atoms with Crippen molar-refractivity contribution in [2.75, 3.05) is 0 Å². The SMILES string of the molecule is N#Cc1c(S)sc2c1CCCC2. The topological polar surface area (TPSA) is 23.8 Å². The summed E-state index contributed by atoms with van der Waals surface area (Å²) in [7, 11) is 0. The molecule has 0 radical (unpaired) electrons. The van der Waals surface area contributed by atoms with Crippen LogP contribution in [0.4, 0.5) is 0 Å². The number of aryl methyl sites for hydroxylation is 1. The maximum absolute atomic E-state index is 8.87. The molecule has 1 aliphatic rings. The number of thiophene rings is 1. The molecule has 1 nitrogen and oxygen atoms in total. The van der Waals surface area contributed by atoms with Crippen LogP contribution in [-0.2, 0) is 12.8 Å². The average molecular weight is 195 g/mol. The third-order valence-corrected chi connectivity index (χ3v) is 3.86. The van der Waals surface area contributed by atoms with Crippen LogP contribution in [0.5, 0.6) is 0 Å². The minimum absolute atomic E-state index is 0.832. The zero-order valence-corrected chi connectivity index (χ0v) is 8.34. The van der Waals surface area contributed by atoms with Crippen molar-refractivity contribution in [2.45, 2.75) is 29.9 Å². The smallest absolute Gasteiger partial charge is 0.101 e. The van der Waals surface area contributed by atoms with Gasteiger partial charge >= 0.3 is 0 Å². The lowest BCUT2D eigenvalue weighted by molar-refractivity contribution is 0.695. The molecule has 0 fully saturated rings. The molecule has 0 spiro atoms. The van der Waals surface area contributed by atoms with Gasteiger partial charge in [-0.1, -0.05) is 0 Å². The summed E-state index contributed by atoms with van der Waals surface area (Å²) >= 11 is 5.98. The lowest BCUT2D eigenvalue weighted by Crippen LogP contribution is -1.99. The van der Waals surface area contributed by atoms with Gasteiger partial charge in [-0.25, -0.2) is 0 Å². The second-order valence-electron chi connectivity index (χ2n) is 3.00. The molecule has 1 aromatic heterocycles. The van der Waals surface area contributed by atoms with Gasteiger partial charge in [0.25, 0.3) is 0 Å². The van der Waals surface area contributed by atoms with Crippen molar-refractivity contribution < 1.29 is 0 Å². The van der Waals surface area contributed by atoms with Crippen molar-refractivity contribution in [1.82, 2.24) is 0 Å². The van der Waals surface area contributed by atoms with Gasteiger partial charge < -0.3 is 0 Å². The lowest BCUT2D eigenvalue weighted by Gasteiger charge is -2.09. The molecule has 1 aromatic rings. The van der Waals surface area contributed by atoms with E-state index in [4.69, 9.17) is 5.26 Å². The fourth-order valence-electron chi connectivity index (χ4n) is 1.67. The van der Waals surface area contributed by atoms with Crippen LogP contribution >= 0.6 is 24.0 Å². The minimum Gasteiger partial charge on any atom is -0.192 e. The van der Waals surface area contributed by atoms with E-state index in [0.717, 1.165) is 22.6 Å². The summed E-state index contributed by atoms with van der Waals surface area (Å²) in [6, 6.07) is 2.24. The van der Waals surface area contributed by atoms with Crippen LogP contribution in [0.3, 0.4) is 0 Å². The summed E-state index contributed by atoms with van der Waals surface area (Å²) in [4.78, 5) is 1.39. The van der Waals surface area contributed by atoms with E-state index in [0.29, 0.717) is 0 Å². The van der Waals surface area contributed by atoms with Crippen LogP contribution < -0.4 is 0 Å². The molecule has 0 unspecified atom stereocenters. The Morgan fingerprint density at radius 3 is 2.83 bits per heavy atom. The van der Waals surface area contributed by atoms with Crippen LogP contribution in [0, 0.1) is 11.3 Å². The Bertz CT molecular complexity index is 346. The van der Waals surface area contributed by atoms with E-state index in [9.17, 15) is 0 Å². The van der Waals surface area contributed by atoms with Crippen molar-refractivity contribution in [3.63, 3.8) is 0 Å². The highest BCUT2D eigenvalue weighted by Crippen LogP contribution is 2.35. The summed E-state index contributed by atoms with van der Waals surface area (Å²) in [5, 5.41) is 8.87. The molecule has 0 saturated heterocycles. The maximum Gasteiger partial charge on any atom is 0.101 e. The Morgan fingerprint density at radius 2 is 2.08 bits per heavy atom. The average Bonchev–Trinajstić information content (AvgIpc) is 2.40. The second kappa shape index (κ2) is 3.12. The third kappa shape index (κ3) is 1.16. The minimum atomic E-state index is 0.832.